The molecule has 0 bridgehead atoms. The number of hydrogen-bond donors (Lipinski definition) is 0. The van der Waals surface area contributed by atoms with Gasteiger partial charge in [-0.2, -0.15) is 10.4 Å². The topological polar surface area (TPSA) is 71.2 Å². The molecule has 1 aromatic heterocycles. The van der Waals surface area contributed by atoms with Gasteiger partial charge in [-0.15, -0.1) is 0 Å². The molecule has 0 N–H and O–H groups in total. The zero-order valence-electron chi connectivity index (χ0n) is 16.8. The third-order valence-corrected chi connectivity index (χ3v) is 5.13. The number of amides is 1. The minimum atomic E-state index is -0.0102. The molecule has 1 heterocycles. The predicted octanol–water partition coefficient (Wildman–Crippen LogP) is 3.57. The first-order valence-electron chi connectivity index (χ1n) is 9.18. The predicted molar refractivity (Wildman–Crippen MR) is 104 cm³/mol. The molecule has 1 atom stereocenters. The van der Waals surface area contributed by atoms with Crippen molar-refractivity contribution in [3.8, 4) is 11.8 Å². The number of nitriles is 1. The van der Waals surface area contributed by atoms with Gasteiger partial charge in [-0.25, -0.2) is 0 Å². The number of carbonyl (C=O) groups is 1. The molecular formula is C21H28N4O2. The second-order valence-corrected chi connectivity index (χ2v) is 6.73. The summed E-state index contributed by atoms with van der Waals surface area (Å²) in [4.78, 5) is 14.5. The Labute approximate surface area is 161 Å². The molecule has 144 valence electrons. The molecule has 0 radical (unpaired) electrons. The quantitative estimate of drug-likeness (QED) is 0.714. The number of benzene rings is 1. The molecule has 0 aliphatic carbocycles. The molecule has 2 aromatic rings. The van der Waals surface area contributed by atoms with Gasteiger partial charge in [0, 0.05) is 19.2 Å². The molecule has 0 saturated heterocycles. The first-order valence-corrected chi connectivity index (χ1v) is 9.18. The van der Waals surface area contributed by atoms with E-state index in [1.54, 1.807) is 12.0 Å². The lowest BCUT2D eigenvalue weighted by Crippen LogP contribution is -2.29. The van der Waals surface area contributed by atoms with Crippen molar-refractivity contribution in [1.29, 1.82) is 5.26 Å². The van der Waals surface area contributed by atoms with Crippen LogP contribution in [-0.2, 0) is 17.8 Å². The highest BCUT2D eigenvalue weighted by Crippen LogP contribution is 2.23. The minimum Gasteiger partial charge on any atom is -0.497 e. The van der Waals surface area contributed by atoms with Gasteiger partial charge < -0.3 is 9.64 Å². The van der Waals surface area contributed by atoms with Crippen LogP contribution in [0.5, 0.6) is 5.75 Å². The number of aryl methyl sites for hydroxylation is 2. The summed E-state index contributed by atoms with van der Waals surface area (Å²) in [7, 11) is 3.48. The van der Waals surface area contributed by atoms with Gasteiger partial charge in [0.05, 0.1) is 37.9 Å². The van der Waals surface area contributed by atoms with Crippen molar-refractivity contribution < 1.29 is 9.53 Å². The summed E-state index contributed by atoms with van der Waals surface area (Å²) in [5.74, 6) is 0.904. The summed E-state index contributed by atoms with van der Waals surface area (Å²) in [6.45, 7) is 6.57. The highest BCUT2D eigenvalue weighted by Gasteiger charge is 2.19. The molecule has 0 aliphatic rings. The van der Waals surface area contributed by atoms with Crippen LogP contribution < -0.4 is 4.74 Å². The maximum Gasteiger partial charge on any atom is 0.223 e. The summed E-state index contributed by atoms with van der Waals surface area (Å²) in [6, 6.07) is 9.93. The molecule has 0 saturated carbocycles. The Morgan fingerprint density at radius 1 is 1.33 bits per heavy atom. The van der Waals surface area contributed by atoms with E-state index in [0.29, 0.717) is 25.8 Å². The van der Waals surface area contributed by atoms with Crippen molar-refractivity contribution in [3.63, 3.8) is 0 Å². The molecule has 6 nitrogen and oxygen atoms in total. The van der Waals surface area contributed by atoms with Crippen LogP contribution in [0, 0.1) is 25.2 Å². The standard InChI is InChI=1S/C21H28N4O2/c1-15-20(17(3)25(23-15)14-6-13-22)11-12-21(26)24(4)16(2)18-7-9-19(27-5)10-8-18/h7-10,16H,6,11-12,14H2,1-5H3. The van der Waals surface area contributed by atoms with Crippen LogP contribution in [0.2, 0.25) is 0 Å². The fraction of sp³-hybridized carbons (Fsp3) is 0.476. The lowest BCUT2D eigenvalue weighted by Gasteiger charge is -2.25. The Morgan fingerprint density at radius 2 is 2.00 bits per heavy atom. The largest absolute Gasteiger partial charge is 0.497 e. The van der Waals surface area contributed by atoms with Gasteiger partial charge in [-0.3, -0.25) is 9.48 Å². The van der Waals surface area contributed by atoms with E-state index >= 15 is 0 Å². The molecular weight excluding hydrogens is 340 g/mol. The second kappa shape index (κ2) is 9.22. The summed E-state index contributed by atoms with van der Waals surface area (Å²) >= 11 is 0. The second-order valence-electron chi connectivity index (χ2n) is 6.73. The fourth-order valence-electron chi connectivity index (χ4n) is 3.20. The Bertz CT molecular complexity index is 818. The zero-order valence-corrected chi connectivity index (χ0v) is 16.8. The highest BCUT2D eigenvalue weighted by atomic mass is 16.5. The van der Waals surface area contributed by atoms with Crippen molar-refractivity contribution >= 4 is 5.91 Å². The van der Waals surface area contributed by atoms with Gasteiger partial charge in [0.25, 0.3) is 0 Å². The van der Waals surface area contributed by atoms with Crippen LogP contribution in [-0.4, -0.2) is 34.7 Å². The average Bonchev–Trinajstić information content (AvgIpc) is 2.96. The highest BCUT2D eigenvalue weighted by molar-refractivity contribution is 5.76. The third-order valence-electron chi connectivity index (χ3n) is 5.13. The maximum atomic E-state index is 12.7. The summed E-state index contributed by atoms with van der Waals surface area (Å²) in [5, 5.41) is 13.3. The third kappa shape index (κ3) is 4.88. The molecule has 27 heavy (non-hydrogen) atoms. The number of carbonyl (C=O) groups excluding carboxylic acids is 1. The average molecular weight is 368 g/mol. The first-order chi connectivity index (χ1) is 12.9. The van der Waals surface area contributed by atoms with Crippen LogP contribution in [0.3, 0.4) is 0 Å². The maximum absolute atomic E-state index is 12.7. The van der Waals surface area contributed by atoms with Gasteiger partial charge in [0.2, 0.25) is 5.91 Å². The molecule has 0 fully saturated rings. The lowest BCUT2D eigenvalue weighted by atomic mass is 10.0. The number of aromatic nitrogens is 2. The van der Waals surface area contributed by atoms with Gasteiger partial charge in [0.1, 0.15) is 5.75 Å². The van der Waals surface area contributed by atoms with E-state index in [2.05, 4.69) is 11.2 Å². The number of rotatable bonds is 8. The van der Waals surface area contributed by atoms with Gasteiger partial charge in [-0.1, -0.05) is 12.1 Å². The Morgan fingerprint density at radius 3 is 2.59 bits per heavy atom. The van der Waals surface area contributed by atoms with Gasteiger partial charge >= 0.3 is 0 Å². The Hall–Kier alpha value is -2.81. The fourth-order valence-corrected chi connectivity index (χ4v) is 3.20. The normalized spacial score (nSPS) is 11.7. The summed E-state index contributed by atoms with van der Waals surface area (Å²) in [6.07, 6.45) is 1.52. The van der Waals surface area contributed by atoms with Crippen molar-refractivity contribution in [1.82, 2.24) is 14.7 Å². The van der Waals surface area contributed by atoms with Crippen molar-refractivity contribution in [2.75, 3.05) is 14.2 Å². The van der Waals surface area contributed by atoms with Crippen LogP contribution in [0.4, 0.5) is 0 Å². The summed E-state index contributed by atoms with van der Waals surface area (Å²) in [5.41, 5.74) is 4.15. The zero-order chi connectivity index (χ0) is 20.0. The van der Waals surface area contributed by atoms with E-state index in [1.165, 1.54) is 0 Å². The van der Waals surface area contributed by atoms with E-state index in [1.807, 2.05) is 56.8 Å². The lowest BCUT2D eigenvalue weighted by molar-refractivity contribution is -0.131. The smallest absolute Gasteiger partial charge is 0.223 e. The van der Waals surface area contributed by atoms with Crippen molar-refractivity contribution in [2.24, 2.45) is 0 Å². The van der Waals surface area contributed by atoms with E-state index in [9.17, 15) is 4.79 Å². The molecule has 1 unspecified atom stereocenters. The van der Waals surface area contributed by atoms with Gasteiger partial charge in [0.15, 0.2) is 0 Å². The van der Waals surface area contributed by atoms with Crippen molar-refractivity contribution in [2.45, 2.75) is 52.6 Å². The molecule has 6 heteroatoms. The van der Waals surface area contributed by atoms with Crippen LogP contribution in [0.1, 0.15) is 48.3 Å². The SMILES string of the molecule is COc1ccc(C(C)N(C)C(=O)CCc2c(C)nn(CCC#N)c2C)cc1. The van der Waals surface area contributed by atoms with Crippen LogP contribution in [0.15, 0.2) is 24.3 Å². The number of nitrogens with zero attached hydrogens (tertiary/aromatic N) is 4. The van der Waals surface area contributed by atoms with E-state index < -0.39 is 0 Å². The van der Waals surface area contributed by atoms with Gasteiger partial charge in [-0.05, 0) is 50.5 Å². The molecule has 2 rings (SSSR count). The Kier molecular flexibility index (Phi) is 7.00. The molecule has 0 aliphatic heterocycles. The summed E-state index contributed by atoms with van der Waals surface area (Å²) < 4.78 is 7.05. The monoisotopic (exact) mass is 368 g/mol. The van der Waals surface area contributed by atoms with Crippen molar-refractivity contribution in [3.05, 3.63) is 46.8 Å². The minimum absolute atomic E-state index is 0.0102. The first kappa shape index (κ1) is 20.5. The van der Waals surface area contributed by atoms with Crippen LogP contribution >= 0.6 is 0 Å². The molecule has 1 amide bonds. The number of hydrogen-bond acceptors (Lipinski definition) is 4. The number of methoxy groups -OCH3 is 1. The Balaban J connectivity index is 2.00. The van der Waals surface area contributed by atoms with E-state index in [4.69, 9.17) is 10.00 Å². The van der Waals surface area contributed by atoms with Crippen LogP contribution in [0.25, 0.3) is 0 Å². The van der Waals surface area contributed by atoms with E-state index in [0.717, 1.165) is 28.3 Å². The molecule has 0 spiro atoms. The van der Waals surface area contributed by atoms with E-state index in [-0.39, 0.29) is 11.9 Å². The number of ether oxygens (including phenoxy) is 1. The molecule has 1 aromatic carbocycles.